The Balaban J connectivity index is 1.16. The molecule has 2 aromatic heterocycles. The summed E-state index contributed by atoms with van der Waals surface area (Å²) in [6, 6.07) is 76.2. The molecule has 0 saturated heterocycles. The molecule has 1 aliphatic carbocycles. The molecule has 0 bridgehead atoms. The van der Waals surface area contributed by atoms with Gasteiger partial charge >= 0.3 is 0 Å². The first-order valence-electron chi connectivity index (χ1n) is 20.4. The molecule has 4 heteroatoms. The maximum absolute atomic E-state index is 5.51. The van der Waals surface area contributed by atoms with Crippen LogP contribution in [0.1, 0.15) is 22.3 Å². The Labute approximate surface area is 352 Å². The van der Waals surface area contributed by atoms with Crippen molar-refractivity contribution in [3.63, 3.8) is 0 Å². The number of benzene rings is 9. The average molecular weight is 782 g/mol. The Morgan fingerprint density at radius 1 is 0.317 bits per heavy atom. The molecule has 280 valence electrons. The van der Waals surface area contributed by atoms with Crippen LogP contribution in [0.4, 0.5) is 0 Å². The second kappa shape index (κ2) is 13.8. The van der Waals surface area contributed by atoms with E-state index in [2.05, 4.69) is 212 Å². The van der Waals surface area contributed by atoms with E-state index in [1.165, 1.54) is 58.8 Å². The summed E-state index contributed by atoms with van der Waals surface area (Å²) < 4.78 is 2.41. The molecule has 60 heavy (non-hydrogen) atoms. The van der Waals surface area contributed by atoms with Crippen molar-refractivity contribution in [3.8, 4) is 56.4 Å². The fraction of sp³-hybridized carbons (Fsp3) is 0.0179. The number of rotatable bonds is 6. The monoisotopic (exact) mass is 781 g/mol. The first-order valence-corrected chi connectivity index (χ1v) is 21.2. The van der Waals surface area contributed by atoms with Gasteiger partial charge in [-0.25, -0.2) is 15.0 Å². The number of aromatic nitrogens is 3. The van der Waals surface area contributed by atoms with Gasteiger partial charge < -0.3 is 0 Å². The lowest BCUT2D eigenvalue weighted by Gasteiger charge is -2.33. The molecule has 0 N–H and O–H groups in total. The Kier molecular flexibility index (Phi) is 7.94. The van der Waals surface area contributed by atoms with Gasteiger partial charge in [-0.3, -0.25) is 0 Å². The van der Waals surface area contributed by atoms with Crippen LogP contribution in [-0.2, 0) is 5.41 Å². The Bertz CT molecular complexity index is 3400. The van der Waals surface area contributed by atoms with E-state index >= 15 is 0 Å². The van der Waals surface area contributed by atoms with E-state index in [0.717, 1.165) is 33.4 Å². The molecule has 0 aliphatic heterocycles. The third kappa shape index (κ3) is 5.18. The molecule has 0 unspecified atom stereocenters. The molecule has 1 aliphatic rings. The minimum absolute atomic E-state index is 0.549. The summed E-state index contributed by atoms with van der Waals surface area (Å²) in [7, 11) is 0. The molecule has 0 atom stereocenters. The lowest BCUT2D eigenvalue weighted by Crippen LogP contribution is -2.28. The molecule has 0 saturated carbocycles. The second-order valence-corrected chi connectivity index (χ2v) is 16.5. The third-order valence-corrected chi connectivity index (χ3v) is 13.5. The van der Waals surface area contributed by atoms with Gasteiger partial charge in [-0.05, 0) is 67.4 Å². The molecule has 11 aromatic rings. The molecule has 3 nitrogen and oxygen atoms in total. The normalized spacial score (nSPS) is 12.8. The van der Waals surface area contributed by atoms with Crippen molar-refractivity contribution >= 4 is 42.3 Å². The van der Waals surface area contributed by atoms with Gasteiger partial charge in [0.05, 0.1) is 5.41 Å². The van der Waals surface area contributed by atoms with Gasteiger partial charge in [-0.2, -0.15) is 0 Å². The number of thiophene rings is 1. The van der Waals surface area contributed by atoms with E-state index in [1.54, 1.807) is 11.3 Å². The summed E-state index contributed by atoms with van der Waals surface area (Å²) in [4.78, 5) is 16.4. The highest BCUT2D eigenvalue weighted by Crippen LogP contribution is 2.58. The van der Waals surface area contributed by atoms with E-state index in [4.69, 9.17) is 15.0 Å². The second-order valence-electron chi connectivity index (χ2n) is 15.4. The van der Waals surface area contributed by atoms with Crippen LogP contribution < -0.4 is 0 Å². The van der Waals surface area contributed by atoms with E-state index < -0.39 is 5.41 Å². The topological polar surface area (TPSA) is 38.7 Å². The van der Waals surface area contributed by atoms with Gasteiger partial charge in [0.15, 0.2) is 17.5 Å². The smallest absolute Gasteiger partial charge is 0.165 e. The highest BCUT2D eigenvalue weighted by Gasteiger charge is 2.47. The van der Waals surface area contributed by atoms with Gasteiger partial charge in [0.1, 0.15) is 0 Å². The van der Waals surface area contributed by atoms with Gasteiger partial charge in [-0.15, -0.1) is 11.3 Å². The van der Waals surface area contributed by atoms with Crippen molar-refractivity contribution < 1.29 is 0 Å². The zero-order valence-corrected chi connectivity index (χ0v) is 33.3. The Morgan fingerprint density at radius 3 is 1.58 bits per heavy atom. The van der Waals surface area contributed by atoms with Gasteiger partial charge in [0.25, 0.3) is 0 Å². The Hall–Kier alpha value is -7.53. The number of nitrogens with zero attached hydrogens (tertiary/aromatic N) is 3. The quantitative estimate of drug-likeness (QED) is 0.169. The van der Waals surface area contributed by atoms with E-state index in [-0.39, 0.29) is 0 Å². The average Bonchev–Trinajstić information content (AvgIpc) is 3.86. The van der Waals surface area contributed by atoms with Crippen molar-refractivity contribution in [1.29, 1.82) is 0 Å². The zero-order chi connectivity index (χ0) is 39.6. The number of hydrogen-bond acceptors (Lipinski definition) is 4. The fourth-order valence-corrected chi connectivity index (χ4v) is 10.9. The van der Waals surface area contributed by atoms with Gasteiger partial charge in [0, 0.05) is 36.9 Å². The molecule has 0 amide bonds. The molecule has 0 spiro atoms. The molecular weight excluding hydrogens is 747 g/mol. The van der Waals surface area contributed by atoms with Crippen LogP contribution in [0.15, 0.2) is 212 Å². The summed E-state index contributed by atoms with van der Waals surface area (Å²) in [5.41, 5.74) is 11.8. The largest absolute Gasteiger partial charge is 0.208 e. The molecule has 12 rings (SSSR count). The predicted octanol–water partition coefficient (Wildman–Crippen LogP) is 14.4. The predicted molar refractivity (Wildman–Crippen MR) is 249 cm³/mol. The van der Waals surface area contributed by atoms with Crippen LogP contribution in [0.25, 0.3) is 87.4 Å². The van der Waals surface area contributed by atoms with Crippen molar-refractivity contribution in [2.75, 3.05) is 0 Å². The highest BCUT2D eigenvalue weighted by molar-refractivity contribution is 7.26. The molecular formula is C56H35N3S. The van der Waals surface area contributed by atoms with Crippen LogP contribution in [-0.4, -0.2) is 15.0 Å². The summed E-state index contributed by atoms with van der Waals surface area (Å²) in [6.07, 6.45) is 0. The Morgan fingerprint density at radius 2 is 0.800 bits per heavy atom. The highest BCUT2D eigenvalue weighted by atomic mass is 32.1. The minimum atomic E-state index is -0.549. The maximum atomic E-state index is 5.51. The van der Waals surface area contributed by atoms with Crippen molar-refractivity contribution in [2.24, 2.45) is 0 Å². The van der Waals surface area contributed by atoms with E-state index in [9.17, 15) is 0 Å². The molecule has 0 fully saturated rings. The first-order chi connectivity index (χ1) is 29.8. The van der Waals surface area contributed by atoms with Gasteiger partial charge in [-0.1, -0.05) is 200 Å². The molecule has 2 heterocycles. The third-order valence-electron chi connectivity index (χ3n) is 12.3. The standard InChI is InChI=1S/C56H35N3S/c1-3-20-37(21-4-1)56(38-22-5-2-6-23-38)48-33-13-11-28-45(48)51-46(31-17-34-49(51)56)54-57-53(44-27-10-9-25-41(44)40-29-15-19-36-18-7-8-24-39(36)40)58-55(59-54)47-32-16-30-43-42-26-12-14-35-50(42)60-52(43)47/h1-35H. The SMILES string of the molecule is c1ccc(C2(c3ccccc3)c3ccccc3-c3c(-c4nc(-c5ccccc5-c5cccc6ccccc56)nc(-c5cccc6c5sc5ccccc56)n4)cccc32)cc1. The van der Waals surface area contributed by atoms with Crippen molar-refractivity contribution in [3.05, 3.63) is 235 Å². The van der Waals surface area contributed by atoms with Crippen molar-refractivity contribution in [2.45, 2.75) is 5.41 Å². The van der Waals surface area contributed by atoms with Crippen LogP contribution in [0, 0.1) is 0 Å². The van der Waals surface area contributed by atoms with E-state index in [1.807, 2.05) is 0 Å². The van der Waals surface area contributed by atoms with E-state index in [0.29, 0.717) is 17.5 Å². The van der Waals surface area contributed by atoms with Crippen LogP contribution >= 0.6 is 11.3 Å². The summed E-state index contributed by atoms with van der Waals surface area (Å²) in [5.74, 6) is 1.93. The minimum Gasteiger partial charge on any atom is -0.208 e. The first kappa shape index (κ1) is 34.5. The summed E-state index contributed by atoms with van der Waals surface area (Å²) in [5, 5.41) is 4.83. The number of hydrogen-bond donors (Lipinski definition) is 0. The van der Waals surface area contributed by atoms with Crippen LogP contribution in [0.3, 0.4) is 0 Å². The molecule has 9 aromatic carbocycles. The van der Waals surface area contributed by atoms with Gasteiger partial charge in [0.2, 0.25) is 0 Å². The summed E-state index contributed by atoms with van der Waals surface area (Å²) in [6.45, 7) is 0. The lowest BCUT2D eigenvalue weighted by atomic mass is 9.67. The lowest BCUT2D eigenvalue weighted by molar-refractivity contribution is 0.768. The fourth-order valence-electron chi connectivity index (χ4n) is 9.71. The van der Waals surface area contributed by atoms with Crippen LogP contribution in [0.2, 0.25) is 0 Å². The van der Waals surface area contributed by atoms with Crippen LogP contribution in [0.5, 0.6) is 0 Å². The molecule has 0 radical (unpaired) electrons. The number of fused-ring (bicyclic) bond motifs is 7. The van der Waals surface area contributed by atoms with Crippen molar-refractivity contribution in [1.82, 2.24) is 15.0 Å². The summed E-state index contributed by atoms with van der Waals surface area (Å²) >= 11 is 1.79. The maximum Gasteiger partial charge on any atom is 0.165 e. The zero-order valence-electron chi connectivity index (χ0n) is 32.5.